The summed E-state index contributed by atoms with van der Waals surface area (Å²) in [6.45, 7) is 14.3. The second-order valence-electron chi connectivity index (χ2n) is 7.25. The molecule has 0 bridgehead atoms. The maximum absolute atomic E-state index is 5.75. The van der Waals surface area contributed by atoms with Crippen LogP contribution < -0.4 is 9.47 Å². The summed E-state index contributed by atoms with van der Waals surface area (Å²) in [6.07, 6.45) is 0.226. The highest BCUT2D eigenvalue weighted by atomic mass is 16.6. The Labute approximate surface area is 164 Å². The molecule has 156 valence electrons. The summed E-state index contributed by atoms with van der Waals surface area (Å²) in [5, 5.41) is 0. The van der Waals surface area contributed by atoms with Gasteiger partial charge in [-0.3, -0.25) is 0 Å². The van der Waals surface area contributed by atoms with Crippen LogP contribution >= 0.6 is 0 Å². The molecule has 0 spiro atoms. The molecule has 0 amide bonds. The van der Waals surface area contributed by atoms with Gasteiger partial charge in [-0.25, -0.2) is 0 Å². The largest absolute Gasteiger partial charge is 0.487 e. The summed E-state index contributed by atoms with van der Waals surface area (Å²) < 4.78 is 33.5. The molecule has 0 aliphatic rings. The summed E-state index contributed by atoms with van der Waals surface area (Å²) in [5.74, 6) is 1.41. The van der Waals surface area contributed by atoms with Gasteiger partial charge in [-0.15, -0.1) is 0 Å². The maximum atomic E-state index is 5.75. The maximum Gasteiger partial charge on any atom is 0.161 e. The van der Waals surface area contributed by atoms with Gasteiger partial charge in [0.15, 0.2) is 11.5 Å². The van der Waals surface area contributed by atoms with Crippen LogP contribution in [0, 0.1) is 0 Å². The molecular weight excluding hydrogens is 348 g/mol. The molecule has 0 atom stereocenters. The molecule has 1 aromatic rings. The van der Waals surface area contributed by atoms with Gasteiger partial charge in [-0.2, -0.15) is 0 Å². The van der Waals surface area contributed by atoms with Crippen molar-refractivity contribution in [2.45, 2.75) is 46.3 Å². The van der Waals surface area contributed by atoms with Crippen LogP contribution in [0.2, 0.25) is 0 Å². The van der Waals surface area contributed by atoms with Gasteiger partial charge < -0.3 is 28.4 Å². The highest BCUT2D eigenvalue weighted by Crippen LogP contribution is 2.26. The normalized spacial score (nSPS) is 11.8. The van der Waals surface area contributed by atoms with Crippen molar-refractivity contribution in [1.29, 1.82) is 0 Å². The van der Waals surface area contributed by atoms with Crippen molar-refractivity contribution in [1.82, 2.24) is 0 Å². The topological polar surface area (TPSA) is 55.4 Å². The fourth-order valence-electron chi connectivity index (χ4n) is 2.06. The van der Waals surface area contributed by atoms with Crippen LogP contribution in [-0.4, -0.2) is 64.6 Å². The number of hydrogen-bond acceptors (Lipinski definition) is 6. The van der Waals surface area contributed by atoms with Crippen LogP contribution in [0.15, 0.2) is 24.3 Å². The molecule has 6 heteroatoms. The molecule has 0 aromatic heterocycles. The molecule has 0 aliphatic heterocycles. The van der Waals surface area contributed by atoms with Crippen LogP contribution in [-0.2, 0) is 18.9 Å². The fourth-order valence-corrected chi connectivity index (χ4v) is 2.06. The third-order valence-corrected chi connectivity index (χ3v) is 3.26. The second-order valence-corrected chi connectivity index (χ2v) is 7.25. The van der Waals surface area contributed by atoms with Crippen molar-refractivity contribution in [2.75, 3.05) is 52.9 Å². The Balaban J connectivity index is 2.14. The van der Waals surface area contributed by atoms with Crippen molar-refractivity contribution in [3.63, 3.8) is 0 Å². The quantitative estimate of drug-likeness (QED) is 0.430. The Morgan fingerprint density at radius 2 is 1.19 bits per heavy atom. The first-order chi connectivity index (χ1) is 12.9. The van der Waals surface area contributed by atoms with Crippen molar-refractivity contribution in [3.8, 4) is 11.5 Å². The minimum absolute atomic E-state index is 0.138. The summed E-state index contributed by atoms with van der Waals surface area (Å²) in [4.78, 5) is 0. The molecule has 0 heterocycles. The lowest BCUT2D eigenvalue weighted by atomic mass is 10.2. The Morgan fingerprint density at radius 1 is 0.704 bits per heavy atom. The van der Waals surface area contributed by atoms with Gasteiger partial charge in [0.2, 0.25) is 0 Å². The van der Waals surface area contributed by atoms with Gasteiger partial charge in [0, 0.05) is 0 Å². The molecule has 1 rings (SSSR count). The zero-order chi connectivity index (χ0) is 20.0. The van der Waals surface area contributed by atoms with E-state index < -0.39 is 0 Å². The van der Waals surface area contributed by atoms with E-state index in [0.29, 0.717) is 64.4 Å². The van der Waals surface area contributed by atoms with E-state index in [9.17, 15) is 0 Å². The standard InChI is InChI=1S/C21H36O6/c1-18(2)24-14-10-22-11-15-25-19-8-6-7-9-20(19)26-16-12-23-13-17-27-21(3,4)5/h6-9,18H,10-17H2,1-5H3. The van der Waals surface area contributed by atoms with Crippen molar-refractivity contribution < 1.29 is 28.4 Å². The van der Waals surface area contributed by atoms with Gasteiger partial charge >= 0.3 is 0 Å². The summed E-state index contributed by atoms with van der Waals surface area (Å²) in [5.41, 5.74) is -0.138. The van der Waals surface area contributed by atoms with Gasteiger partial charge in [0.1, 0.15) is 13.2 Å². The van der Waals surface area contributed by atoms with Gasteiger partial charge in [0.05, 0.1) is 51.3 Å². The van der Waals surface area contributed by atoms with Crippen LogP contribution in [0.3, 0.4) is 0 Å². The second kappa shape index (κ2) is 13.8. The zero-order valence-electron chi connectivity index (χ0n) is 17.5. The van der Waals surface area contributed by atoms with Crippen molar-refractivity contribution in [2.24, 2.45) is 0 Å². The molecule has 27 heavy (non-hydrogen) atoms. The molecule has 0 radical (unpaired) electrons. The average Bonchev–Trinajstić information content (AvgIpc) is 2.60. The SMILES string of the molecule is CC(C)OCCOCCOc1ccccc1OCCOCCOC(C)(C)C. The molecule has 6 nitrogen and oxygen atoms in total. The van der Waals surface area contributed by atoms with E-state index in [1.807, 2.05) is 58.9 Å². The van der Waals surface area contributed by atoms with Crippen LogP contribution in [0.1, 0.15) is 34.6 Å². The van der Waals surface area contributed by atoms with E-state index in [-0.39, 0.29) is 11.7 Å². The highest BCUT2D eigenvalue weighted by molar-refractivity contribution is 5.39. The summed E-state index contributed by atoms with van der Waals surface area (Å²) in [6, 6.07) is 7.60. The number of para-hydroxylation sites is 2. The predicted molar refractivity (Wildman–Crippen MR) is 106 cm³/mol. The number of hydrogen-bond donors (Lipinski definition) is 0. The van der Waals surface area contributed by atoms with Gasteiger partial charge in [-0.1, -0.05) is 12.1 Å². The molecule has 0 fully saturated rings. The summed E-state index contributed by atoms with van der Waals surface area (Å²) >= 11 is 0. The minimum Gasteiger partial charge on any atom is -0.487 e. The number of ether oxygens (including phenoxy) is 6. The zero-order valence-corrected chi connectivity index (χ0v) is 17.5. The molecule has 0 unspecified atom stereocenters. The molecule has 0 aliphatic carbocycles. The van der Waals surface area contributed by atoms with E-state index in [2.05, 4.69) is 0 Å². The Kier molecular flexibility index (Phi) is 12.1. The van der Waals surface area contributed by atoms with E-state index in [1.165, 1.54) is 0 Å². The van der Waals surface area contributed by atoms with Crippen LogP contribution in [0.5, 0.6) is 11.5 Å². The third kappa shape index (κ3) is 13.5. The van der Waals surface area contributed by atoms with E-state index in [4.69, 9.17) is 28.4 Å². The van der Waals surface area contributed by atoms with Crippen molar-refractivity contribution >= 4 is 0 Å². The lowest BCUT2D eigenvalue weighted by molar-refractivity contribution is -0.0376. The number of benzene rings is 1. The smallest absolute Gasteiger partial charge is 0.161 e. The lowest BCUT2D eigenvalue weighted by Gasteiger charge is -2.19. The third-order valence-electron chi connectivity index (χ3n) is 3.26. The number of rotatable bonds is 15. The molecule has 1 aromatic carbocycles. The molecule has 0 saturated heterocycles. The van der Waals surface area contributed by atoms with Gasteiger partial charge in [0.25, 0.3) is 0 Å². The Bertz CT molecular complexity index is 484. The van der Waals surface area contributed by atoms with Crippen LogP contribution in [0.4, 0.5) is 0 Å². The molecular formula is C21H36O6. The highest BCUT2D eigenvalue weighted by Gasteiger charge is 2.09. The Hall–Kier alpha value is -1.34. The van der Waals surface area contributed by atoms with Crippen LogP contribution in [0.25, 0.3) is 0 Å². The van der Waals surface area contributed by atoms with Crippen molar-refractivity contribution in [3.05, 3.63) is 24.3 Å². The minimum atomic E-state index is -0.138. The first kappa shape index (κ1) is 23.7. The predicted octanol–water partition coefficient (Wildman–Crippen LogP) is 3.72. The fraction of sp³-hybridized carbons (Fsp3) is 0.714. The summed E-state index contributed by atoms with van der Waals surface area (Å²) in [7, 11) is 0. The Morgan fingerprint density at radius 3 is 1.67 bits per heavy atom. The first-order valence-corrected chi connectivity index (χ1v) is 9.64. The van der Waals surface area contributed by atoms with E-state index in [1.54, 1.807) is 0 Å². The molecule has 0 N–H and O–H groups in total. The van der Waals surface area contributed by atoms with E-state index >= 15 is 0 Å². The lowest BCUT2D eigenvalue weighted by Crippen LogP contribution is -2.22. The average molecular weight is 385 g/mol. The first-order valence-electron chi connectivity index (χ1n) is 9.64. The molecule has 0 saturated carbocycles. The monoisotopic (exact) mass is 384 g/mol. The van der Waals surface area contributed by atoms with Gasteiger partial charge in [-0.05, 0) is 46.8 Å². The van der Waals surface area contributed by atoms with E-state index in [0.717, 1.165) is 0 Å².